The molecular formula is C18H26BrOP. The average Bonchev–Trinajstić information content (AvgIpc) is 2.56. The maximum Gasteiger partial charge on any atom is 0.121 e. The SMILES string of the molecule is O=P(c1cccc(Br)c1)(C1CCCCC1)C1CCCCC1. The lowest BCUT2D eigenvalue weighted by molar-refractivity contribution is 0.453. The van der Waals surface area contributed by atoms with E-state index in [2.05, 4.69) is 40.2 Å². The number of halogens is 1. The van der Waals surface area contributed by atoms with E-state index in [4.69, 9.17) is 0 Å². The molecule has 2 saturated carbocycles. The molecule has 2 aliphatic rings. The third kappa shape index (κ3) is 3.32. The quantitative estimate of drug-likeness (QED) is 0.588. The summed E-state index contributed by atoms with van der Waals surface area (Å²) in [7, 11) is -2.28. The Bertz CT molecular complexity index is 494. The van der Waals surface area contributed by atoms with Crippen molar-refractivity contribution in [3.63, 3.8) is 0 Å². The minimum absolute atomic E-state index is 0.448. The van der Waals surface area contributed by atoms with Crippen LogP contribution in [0.2, 0.25) is 0 Å². The predicted octanol–water partition coefficient (Wildman–Crippen LogP) is 6.10. The summed E-state index contributed by atoms with van der Waals surface area (Å²) in [6.45, 7) is 0. The molecule has 0 amide bonds. The van der Waals surface area contributed by atoms with Gasteiger partial charge in [0, 0.05) is 21.1 Å². The molecule has 1 nitrogen and oxygen atoms in total. The smallest absolute Gasteiger partial charge is 0.121 e. The topological polar surface area (TPSA) is 17.1 Å². The van der Waals surface area contributed by atoms with E-state index in [1.54, 1.807) is 0 Å². The maximum absolute atomic E-state index is 14.3. The normalized spacial score (nSPS) is 22.3. The van der Waals surface area contributed by atoms with Crippen molar-refractivity contribution in [3.05, 3.63) is 28.7 Å². The van der Waals surface area contributed by atoms with Crippen LogP contribution in [0.4, 0.5) is 0 Å². The van der Waals surface area contributed by atoms with Crippen molar-refractivity contribution in [1.29, 1.82) is 0 Å². The molecular weight excluding hydrogens is 343 g/mol. The second kappa shape index (κ2) is 7.01. The van der Waals surface area contributed by atoms with Gasteiger partial charge in [-0.2, -0.15) is 0 Å². The molecule has 0 radical (unpaired) electrons. The van der Waals surface area contributed by atoms with Crippen LogP contribution in [0.25, 0.3) is 0 Å². The fourth-order valence-corrected chi connectivity index (χ4v) is 9.28. The number of hydrogen-bond acceptors (Lipinski definition) is 1. The summed E-state index contributed by atoms with van der Waals surface area (Å²) in [5, 5.41) is 1.15. The Balaban J connectivity index is 1.98. The molecule has 2 aliphatic carbocycles. The summed E-state index contributed by atoms with van der Waals surface area (Å²) < 4.78 is 15.3. The summed E-state index contributed by atoms with van der Waals surface area (Å²) in [5.74, 6) is 0. The van der Waals surface area contributed by atoms with Gasteiger partial charge in [0.05, 0.1) is 0 Å². The molecule has 1 aromatic rings. The second-order valence-corrected chi connectivity index (χ2v) is 11.1. The van der Waals surface area contributed by atoms with Crippen LogP contribution in [0.15, 0.2) is 28.7 Å². The standard InChI is InChI=1S/C18H26BrOP/c19-15-8-7-13-18(14-15)21(20,16-9-3-1-4-10-16)17-11-5-2-6-12-17/h7-8,13-14,16-17H,1-6,9-12H2. The molecule has 0 atom stereocenters. The van der Waals surface area contributed by atoms with Crippen molar-refractivity contribution < 1.29 is 4.57 Å². The molecule has 0 aromatic heterocycles. The van der Waals surface area contributed by atoms with Gasteiger partial charge in [-0.1, -0.05) is 66.6 Å². The van der Waals surface area contributed by atoms with Gasteiger partial charge < -0.3 is 4.57 Å². The lowest BCUT2D eigenvalue weighted by Gasteiger charge is -2.38. The second-order valence-electron chi connectivity index (χ2n) is 6.77. The zero-order chi connectivity index (χ0) is 14.7. The first kappa shape index (κ1) is 15.8. The molecule has 0 saturated heterocycles. The van der Waals surface area contributed by atoms with Gasteiger partial charge in [-0.3, -0.25) is 0 Å². The van der Waals surface area contributed by atoms with E-state index in [1.807, 2.05) is 0 Å². The largest absolute Gasteiger partial charge is 0.318 e. The third-order valence-electron chi connectivity index (χ3n) is 5.45. The summed E-state index contributed by atoms with van der Waals surface area (Å²) >= 11 is 3.58. The minimum atomic E-state index is -2.28. The highest BCUT2D eigenvalue weighted by Gasteiger charge is 2.42. The molecule has 0 bridgehead atoms. The van der Waals surface area contributed by atoms with Crippen LogP contribution < -0.4 is 5.30 Å². The van der Waals surface area contributed by atoms with Crippen molar-refractivity contribution in [1.82, 2.24) is 0 Å². The maximum atomic E-state index is 14.3. The van der Waals surface area contributed by atoms with E-state index < -0.39 is 7.14 Å². The van der Waals surface area contributed by atoms with Crippen LogP contribution in [0, 0.1) is 0 Å². The summed E-state index contributed by atoms with van der Waals surface area (Å²) in [6, 6.07) is 8.39. The van der Waals surface area contributed by atoms with Crippen LogP contribution in [-0.2, 0) is 4.57 Å². The molecule has 0 spiro atoms. The van der Waals surface area contributed by atoms with Crippen LogP contribution in [-0.4, -0.2) is 11.3 Å². The first-order chi connectivity index (χ1) is 10.2. The van der Waals surface area contributed by atoms with Gasteiger partial charge in [-0.05, 0) is 37.8 Å². The van der Waals surface area contributed by atoms with Gasteiger partial charge in [-0.25, -0.2) is 0 Å². The van der Waals surface area contributed by atoms with Gasteiger partial charge in [0.2, 0.25) is 0 Å². The fraction of sp³-hybridized carbons (Fsp3) is 0.667. The number of rotatable bonds is 3. The first-order valence-corrected chi connectivity index (χ1v) is 11.2. The van der Waals surface area contributed by atoms with E-state index in [1.165, 1.54) is 64.2 Å². The highest BCUT2D eigenvalue weighted by molar-refractivity contribution is 9.10. The minimum Gasteiger partial charge on any atom is -0.318 e. The van der Waals surface area contributed by atoms with Crippen LogP contribution in [0.3, 0.4) is 0 Å². The Hall–Kier alpha value is -0.0700. The van der Waals surface area contributed by atoms with E-state index in [0.717, 1.165) is 9.78 Å². The average molecular weight is 369 g/mol. The Morgan fingerprint density at radius 3 is 1.86 bits per heavy atom. The zero-order valence-corrected chi connectivity index (χ0v) is 15.2. The Kier molecular flexibility index (Phi) is 5.27. The van der Waals surface area contributed by atoms with Crippen molar-refractivity contribution in [2.75, 3.05) is 0 Å². The van der Waals surface area contributed by atoms with Crippen molar-refractivity contribution in [3.8, 4) is 0 Å². The Morgan fingerprint density at radius 2 is 1.38 bits per heavy atom. The Morgan fingerprint density at radius 1 is 0.857 bits per heavy atom. The van der Waals surface area contributed by atoms with Gasteiger partial charge in [-0.15, -0.1) is 0 Å². The molecule has 0 N–H and O–H groups in total. The number of benzene rings is 1. The Labute approximate surface area is 137 Å². The van der Waals surface area contributed by atoms with Gasteiger partial charge in [0.15, 0.2) is 0 Å². The van der Waals surface area contributed by atoms with Gasteiger partial charge >= 0.3 is 0 Å². The van der Waals surface area contributed by atoms with Crippen molar-refractivity contribution >= 4 is 28.4 Å². The molecule has 3 rings (SSSR count). The number of hydrogen-bond donors (Lipinski definition) is 0. The zero-order valence-electron chi connectivity index (χ0n) is 12.8. The molecule has 2 fully saturated rings. The molecule has 21 heavy (non-hydrogen) atoms. The predicted molar refractivity (Wildman–Crippen MR) is 95.1 cm³/mol. The monoisotopic (exact) mass is 368 g/mol. The van der Waals surface area contributed by atoms with Crippen LogP contribution in [0.5, 0.6) is 0 Å². The molecule has 1 aromatic carbocycles. The van der Waals surface area contributed by atoms with Gasteiger partial charge in [0.25, 0.3) is 0 Å². The summed E-state index contributed by atoms with van der Waals surface area (Å²) in [5.41, 5.74) is 0.896. The van der Waals surface area contributed by atoms with E-state index in [-0.39, 0.29) is 0 Å². The lowest BCUT2D eigenvalue weighted by Crippen LogP contribution is -2.29. The van der Waals surface area contributed by atoms with Crippen LogP contribution >= 0.6 is 23.1 Å². The van der Waals surface area contributed by atoms with E-state index in [0.29, 0.717) is 11.3 Å². The van der Waals surface area contributed by atoms with E-state index in [9.17, 15) is 4.57 Å². The fourth-order valence-electron chi connectivity index (χ4n) is 4.34. The summed E-state index contributed by atoms with van der Waals surface area (Å²) in [4.78, 5) is 0. The van der Waals surface area contributed by atoms with Crippen molar-refractivity contribution in [2.45, 2.75) is 75.5 Å². The van der Waals surface area contributed by atoms with E-state index >= 15 is 0 Å². The summed E-state index contributed by atoms with van der Waals surface area (Å²) in [6.07, 6.45) is 12.5. The molecule has 116 valence electrons. The highest BCUT2D eigenvalue weighted by Crippen LogP contribution is 2.61. The van der Waals surface area contributed by atoms with Gasteiger partial charge in [0.1, 0.15) is 7.14 Å². The molecule has 0 aliphatic heterocycles. The highest BCUT2D eigenvalue weighted by atomic mass is 79.9. The molecule has 0 heterocycles. The lowest BCUT2D eigenvalue weighted by atomic mass is 9.99. The third-order valence-corrected chi connectivity index (χ3v) is 10.2. The molecule has 3 heteroatoms. The molecule has 0 unspecified atom stereocenters. The van der Waals surface area contributed by atoms with Crippen LogP contribution in [0.1, 0.15) is 64.2 Å². The first-order valence-electron chi connectivity index (χ1n) is 8.57. The van der Waals surface area contributed by atoms with Crippen molar-refractivity contribution in [2.24, 2.45) is 0 Å².